The van der Waals surface area contributed by atoms with Crippen LogP contribution in [-0.2, 0) is 6.42 Å². The van der Waals surface area contributed by atoms with E-state index in [1.807, 2.05) is 0 Å². The van der Waals surface area contributed by atoms with Crippen LogP contribution >= 0.6 is 11.3 Å². The maximum absolute atomic E-state index is 6.46. The van der Waals surface area contributed by atoms with Crippen molar-refractivity contribution in [3.63, 3.8) is 0 Å². The number of fused-ring (bicyclic) bond motifs is 1. The van der Waals surface area contributed by atoms with E-state index in [0.717, 1.165) is 6.42 Å². The highest BCUT2D eigenvalue weighted by Crippen LogP contribution is 2.29. The summed E-state index contributed by atoms with van der Waals surface area (Å²) in [5, 5.41) is 3.43. The number of benzene rings is 2. The third-order valence-electron chi connectivity index (χ3n) is 3.65. The van der Waals surface area contributed by atoms with Gasteiger partial charge in [-0.15, -0.1) is 11.3 Å². The van der Waals surface area contributed by atoms with Crippen molar-refractivity contribution in [2.75, 3.05) is 0 Å². The average molecular weight is 281 g/mol. The minimum absolute atomic E-state index is 0.0542. The van der Waals surface area contributed by atoms with Crippen LogP contribution in [0.3, 0.4) is 0 Å². The van der Waals surface area contributed by atoms with Gasteiger partial charge in [0, 0.05) is 10.7 Å². The predicted molar refractivity (Wildman–Crippen MR) is 88.4 cm³/mol. The molecule has 0 aliphatic rings. The van der Waals surface area contributed by atoms with E-state index in [-0.39, 0.29) is 6.04 Å². The fourth-order valence-corrected chi connectivity index (χ4v) is 3.84. The van der Waals surface area contributed by atoms with E-state index in [4.69, 9.17) is 5.73 Å². The van der Waals surface area contributed by atoms with Gasteiger partial charge in [-0.2, -0.15) is 0 Å². The molecule has 2 aromatic carbocycles. The number of hydrogen-bond acceptors (Lipinski definition) is 2. The molecule has 102 valence electrons. The summed E-state index contributed by atoms with van der Waals surface area (Å²) in [5.74, 6) is 0. The lowest BCUT2D eigenvalue weighted by atomic mass is 9.96. The molecular weight excluding hydrogens is 262 g/mol. The summed E-state index contributed by atoms with van der Waals surface area (Å²) in [6.07, 6.45) is 0.888. The molecular formula is C18H19NS. The fourth-order valence-electron chi connectivity index (χ4n) is 2.86. The summed E-state index contributed by atoms with van der Waals surface area (Å²) >= 11 is 1.78. The second kappa shape index (κ2) is 5.39. The van der Waals surface area contributed by atoms with Crippen LogP contribution in [0.2, 0.25) is 0 Å². The van der Waals surface area contributed by atoms with Gasteiger partial charge >= 0.3 is 0 Å². The lowest BCUT2D eigenvalue weighted by Gasteiger charge is -2.14. The molecule has 0 aliphatic carbocycles. The van der Waals surface area contributed by atoms with Gasteiger partial charge in [-0.1, -0.05) is 47.5 Å². The third-order valence-corrected chi connectivity index (χ3v) is 4.63. The molecule has 2 heteroatoms. The summed E-state index contributed by atoms with van der Waals surface area (Å²) in [7, 11) is 0. The van der Waals surface area contributed by atoms with Crippen molar-refractivity contribution in [3.8, 4) is 0 Å². The summed E-state index contributed by atoms with van der Waals surface area (Å²) < 4.78 is 1.32. The summed E-state index contributed by atoms with van der Waals surface area (Å²) in [6, 6.07) is 15.3. The van der Waals surface area contributed by atoms with Crippen LogP contribution in [0.5, 0.6) is 0 Å². The zero-order chi connectivity index (χ0) is 14.1. The number of thiophene rings is 1. The van der Waals surface area contributed by atoms with Crippen molar-refractivity contribution in [1.82, 2.24) is 0 Å². The topological polar surface area (TPSA) is 26.0 Å². The van der Waals surface area contributed by atoms with E-state index in [2.05, 4.69) is 61.7 Å². The lowest BCUT2D eigenvalue weighted by molar-refractivity contribution is 0.728. The first-order valence-electron chi connectivity index (χ1n) is 6.92. The molecule has 0 amide bonds. The highest BCUT2D eigenvalue weighted by molar-refractivity contribution is 7.17. The van der Waals surface area contributed by atoms with Crippen LogP contribution < -0.4 is 5.73 Å². The predicted octanol–water partition coefficient (Wildman–Crippen LogP) is 4.76. The van der Waals surface area contributed by atoms with Crippen molar-refractivity contribution in [2.45, 2.75) is 26.3 Å². The van der Waals surface area contributed by atoms with E-state index in [0.29, 0.717) is 0 Å². The second-order valence-electron chi connectivity index (χ2n) is 5.49. The van der Waals surface area contributed by atoms with Crippen molar-refractivity contribution < 1.29 is 0 Å². The maximum Gasteiger partial charge on any atom is 0.0390 e. The Balaban J connectivity index is 1.92. The molecule has 1 aromatic heterocycles. The van der Waals surface area contributed by atoms with Gasteiger partial charge in [-0.25, -0.2) is 0 Å². The molecule has 20 heavy (non-hydrogen) atoms. The molecule has 0 bridgehead atoms. The SMILES string of the molecule is Cc1cc(C)cc(CC(N)c2cccc3ccsc23)c1. The Kier molecular flexibility index (Phi) is 3.60. The molecule has 3 rings (SSSR count). The number of hydrogen-bond donors (Lipinski definition) is 1. The zero-order valence-corrected chi connectivity index (χ0v) is 12.7. The second-order valence-corrected chi connectivity index (χ2v) is 6.41. The molecule has 1 heterocycles. The van der Waals surface area contributed by atoms with Gasteiger partial charge in [0.2, 0.25) is 0 Å². The maximum atomic E-state index is 6.46. The van der Waals surface area contributed by atoms with E-state index in [9.17, 15) is 0 Å². The van der Waals surface area contributed by atoms with Gasteiger partial charge in [0.05, 0.1) is 0 Å². The lowest BCUT2D eigenvalue weighted by Crippen LogP contribution is -2.13. The minimum Gasteiger partial charge on any atom is -0.324 e. The van der Waals surface area contributed by atoms with Crippen LogP contribution in [0.25, 0.3) is 10.1 Å². The van der Waals surface area contributed by atoms with Gasteiger partial charge in [-0.05, 0) is 48.2 Å². The molecule has 1 atom stereocenters. The van der Waals surface area contributed by atoms with Gasteiger partial charge in [0.25, 0.3) is 0 Å². The fraction of sp³-hybridized carbons (Fsp3) is 0.222. The molecule has 1 unspecified atom stereocenters. The van der Waals surface area contributed by atoms with Crippen LogP contribution in [-0.4, -0.2) is 0 Å². The minimum atomic E-state index is 0.0542. The van der Waals surface area contributed by atoms with Crippen LogP contribution in [0, 0.1) is 13.8 Å². The molecule has 0 saturated heterocycles. The monoisotopic (exact) mass is 281 g/mol. The van der Waals surface area contributed by atoms with E-state index < -0.39 is 0 Å². The van der Waals surface area contributed by atoms with Crippen molar-refractivity contribution in [1.29, 1.82) is 0 Å². The molecule has 0 spiro atoms. The van der Waals surface area contributed by atoms with Gasteiger partial charge in [0.15, 0.2) is 0 Å². The molecule has 3 aromatic rings. The Morgan fingerprint density at radius 1 is 1.05 bits per heavy atom. The van der Waals surface area contributed by atoms with E-state index in [1.165, 1.54) is 32.3 Å². The third kappa shape index (κ3) is 2.62. The Morgan fingerprint density at radius 3 is 2.55 bits per heavy atom. The Morgan fingerprint density at radius 2 is 1.80 bits per heavy atom. The van der Waals surface area contributed by atoms with Crippen molar-refractivity contribution in [3.05, 3.63) is 70.1 Å². The Labute approximate surface area is 124 Å². The molecule has 2 N–H and O–H groups in total. The smallest absolute Gasteiger partial charge is 0.0390 e. The van der Waals surface area contributed by atoms with Crippen LogP contribution in [0.1, 0.15) is 28.3 Å². The van der Waals surface area contributed by atoms with Gasteiger partial charge < -0.3 is 5.73 Å². The Bertz CT molecular complexity index is 722. The molecule has 0 aliphatic heterocycles. The quantitative estimate of drug-likeness (QED) is 0.736. The summed E-state index contributed by atoms with van der Waals surface area (Å²) in [4.78, 5) is 0. The van der Waals surface area contributed by atoms with Crippen LogP contribution in [0.15, 0.2) is 47.8 Å². The van der Waals surface area contributed by atoms with Gasteiger partial charge in [0.1, 0.15) is 0 Å². The first-order valence-corrected chi connectivity index (χ1v) is 7.80. The van der Waals surface area contributed by atoms with E-state index >= 15 is 0 Å². The zero-order valence-electron chi connectivity index (χ0n) is 11.9. The number of rotatable bonds is 3. The molecule has 0 radical (unpaired) electrons. The van der Waals surface area contributed by atoms with Crippen LogP contribution in [0.4, 0.5) is 0 Å². The molecule has 0 fully saturated rings. The molecule has 0 saturated carbocycles. The number of aryl methyl sites for hydroxylation is 2. The van der Waals surface area contributed by atoms with Crippen molar-refractivity contribution >= 4 is 21.4 Å². The first-order chi connectivity index (χ1) is 9.63. The highest BCUT2D eigenvalue weighted by atomic mass is 32.1. The normalized spacial score (nSPS) is 12.8. The van der Waals surface area contributed by atoms with Crippen molar-refractivity contribution in [2.24, 2.45) is 5.73 Å². The number of nitrogens with two attached hydrogens (primary N) is 1. The van der Waals surface area contributed by atoms with E-state index in [1.54, 1.807) is 11.3 Å². The highest BCUT2D eigenvalue weighted by Gasteiger charge is 2.12. The summed E-state index contributed by atoms with van der Waals surface area (Å²) in [6.45, 7) is 4.28. The Hall–Kier alpha value is -1.64. The molecule has 1 nitrogen and oxygen atoms in total. The summed E-state index contributed by atoms with van der Waals surface area (Å²) in [5.41, 5.74) is 11.7. The standard InChI is InChI=1S/C18H19NS/c1-12-8-13(2)10-14(9-12)11-17(19)16-5-3-4-15-6-7-20-18(15)16/h3-10,17H,11,19H2,1-2H3. The largest absolute Gasteiger partial charge is 0.324 e. The average Bonchev–Trinajstić information content (AvgIpc) is 2.85. The first kappa shape index (κ1) is 13.3. The van der Waals surface area contributed by atoms with Gasteiger partial charge in [-0.3, -0.25) is 0 Å².